The van der Waals surface area contributed by atoms with E-state index in [9.17, 15) is 19.8 Å². The molecule has 0 spiro atoms. The maximum atomic E-state index is 12.2. The first-order chi connectivity index (χ1) is 13.0. The van der Waals surface area contributed by atoms with Crippen molar-refractivity contribution in [3.05, 3.63) is 71.8 Å². The van der Waals surface area contributed by atoms with E-state index in [1.54, 1.807) is 60.7 Å². The molecule has 7 heteroatoms. The molecule has 0 radical (unpaired) electrons. The lowest BCUT2D eigenvalue weighted by Crippen LogP contribution is -2.52. The minimum absolute atomic E-state index is 0.0805. The van der Waals surface area contributed by atoms with Gasteiger partial charge in [0.1, 0.15) is 24.9 Å². The van der Waals surface area contributed by atoms with Crippen molar-refractivity contribution in [1.82, 2.24) is 0 Å². The number of benzene rings is 2. The van der Waals surface area contributed by atoms with Gasteiger partial charge in [-0.3, -0.25) is 0 Å². The number of aliphatic hydroxyl groups excluding tert-OH is 2. The molecule has 1 aliphatic heterocycles. The second kappa shape index (κ2) is 8.77. The van der Waals surface area contributed by atoms with Gasteiger partial charge in [0.2, 0.25) is 0 Å². The lowest BCUT2D eigenvalue weighted by molar-refractivity contribution is -0.239. The Morgan fingerprint density at radius 2 is 1.48 bits per heavy atom. The molecular formula is C20H20O7. The molecule has 2 N–H and O–H groups in total. The average molecular weight is 372 g/mol. The van der Waals surface area contributed by atoms with Gasteiger partial charge in [0.05, 0.1) is 11.1 Å². The predicted octanol–water partition coefficient (Wildman–Crippen LogP) is 1.54. The monoisotopic (exact) mass is 372 g/mol. The van der Waals surface area contributed by atoms with Crippen molar-refractivity contribution in [2.75, 3.05) is 6.61 Å². The van der Waals surface area contributed by atoms with Gasteiger partial charge in [0.15, 0.2) is 6.29 Å². The van der Waals surface area contributed by atoms with E-state index >= 15 is 0 Å². The summed E-state index contributed by atoms with van der Waals surface area (Å²) in [5.74, 6) is -1.20. The third-order valence-electron chi connectivity index (χ3n) is 4.18. The van der Waals surface area contributed by atoms with Gasteiger partial charge in [-0.2, -0.15) is 0 Å². The fraction of sp³-hybridized carbons (Fsp3) is 0.300. The summed E-state index contributed by atoms with van der Waals surface area (Å²) in [5.41, 5.74) is 0.688. The van der Waals surface area contributed by atoms with Crippen LogP contribution in [-0.4, -0.2) is 53.4 Å². The largest absolute Gasteiger partial charge is 0.459 e. The normalized spacial score (nSPS) is 24.8. The van der Waals surface area contributed by atoms with Crippen LogP contribution < -0.4 is 0 Å². The van der Waals surface area contributed by atoms with E-state index in [1.807, 2.05) is 0 Å². The van der Waals surface area contributed by atoms with Gasteiger partial charge < -0.3 is 24.4 Å². The zero-order valence-electron chi connectivity index (χ0n) is 14.4. The van der Waals surface area contributed by atoms with Crippen molar-refractivity contribution >= 4 is 11.9 Å². The summed E-state index contributed by atoms with van der Waals surface area (Å²) in [6, 6.07) is 16.7. The third-order valence-corrected chi connectivity index (χ3v) is 4.18. The summed E-state index contributed by atoms with van der Waals surface area (Å²) in [5, 5.41) is 20.3. The fourth-order valence-corrected chi connectivity index (χ4v) is 2.77. The zero-order chi connectivity index (χ0) is 19.2. The molecule has 0 bridgehead atoms. The topological polar surface area (TPSA) is 102 Å². The lowest BCUT2D eigenvalue weighted by atomic mass is 10.0. The second-order valence-electron chi connectivity index (χ2n) is 6.13. The molecule has 1 heterocycles. The molecule has 0 amide bonds. The number of aliphatic hydroxyl groups is 2. The molecule has 0 aromatic heterocycles. The van der Waals surface area contributed by atoms with Crippen LogP contribution in [0.15, 0.2) is 60.7 Å². The number of ether oxygens (including phenoxy) is 3. The molecule has 27 heavy (non-hydrogen) atoms. The van der Waals surface area contributed by atoms with Crippen molar-refractivity contribution in [1.29, 1.82) is 0 Å². The van der Waals surface area contributed by atoms with Crippen LogP contribution in [0, 0.1) is 0 Å². The molecule has 1 unspecified atom stereocenters. The van der Waals surface area contributed by atoms with Crippen molar-refractivity contribution in [3.8, 4) is 0 Å². The summed E-state index contributed by atoms with van der Waals surface area (Å²) < 4.78 is 15.7. The highest BCUT2D eigenvalue weighted by atomic mass is 16.6. The van der Waals surface area contributed by atoms with Gasteiger partial charge in [0, 0.05) is 6.42 Å². The number of hydrogen-bond donors (Lipinski definition) is 2. The summed E-state index contributed by atoms with van der Waals surface area (Å²) in [7, 11) is 0. The standard InChI is InChI=1S/C20H20O7/c21-17-11-15(27-20(24)14-9-5-2-6-10-14)18(22)16(26-17)12-25-19(23)13-7-3-1-4-8-13/h1-10,15-18,21-22H,11-12H2/t15-,16-,17-,18?/m1/s1. The minimum Gasteiger partial charge on any atom is -0.459 e. The smallest absolute Gasteiger partial charge is 0.338 e. The molecule has 7 nitrogen and oxygen atoms in total. The molecule has 1 saturated heterocycles. The Morgan fingerprint density at radius 1 is 0.926 bits per heavy atom. The third kappa shape index (κ3) is 4.91. The quantitative estimate of drug-likeness (QED) is 0.768. The van der Waals surface area contributed by atoms with E-state index in [-0.39, 0.29) is 13.0 Å². The second-order valence-corrected chi connectivity index (χ2v) is 6.13. The SMILES string of the molecule is O=C(OC[C@H]1O[C@@H](O)C[C@@H](OC(=O)c2ccccc2)C1O)c1ccccc1. The van der Waals surface area contributed by atoms with Crippen LogP contribution in [0.1, 0.15) is 27.1 Å². The van der Waals surface area contributed by atoms with Crippen molar-refractivity contribution in [2.45, 2.75) is 31.0 Å². The van der Waals surface area contributed by atoms with E-state index < -0.39 is 36.5 Å². The maximum Gasteiger partial charge on any atom is 0.338 e. The van der Waals surface area contributed by atoms with Crippen LogP contribution in [0.4, 0.5) is 0 Å². The van der Waals surface area contributed by atoms with Crippen LogP contribution >= 0.6 is 0 Å². The van der Waals surface area contributed by atoms with Gasteiger partial charge in [0.25, 0.3) is 0 Å². The van der Waals surface area contributed by atoms with E-state index in [0.717, 1.165) is 0 Å². The van der Waals surface area contributed by atoms with Crippen molar-refractivity contribution in [2.24, 2.45) is 0 Å². The van der Waals surface area contributed by atoms with Crippen LogP contribution in [0.25, 0.3) is 0 Å². The van der Waals surface area contributed by atoms with Crippen molar-refractivity contribution in [3.63, 3.8) is 0 Å². The number of rotatable bonds is 5. The fourth-order valence-electron chi connectivity index (χ4n) is 2.77. The molecular weight excluding hydrogens is 352 g/mol. The molecule has 2 aromatic carbocycles. The number of carbonyl (C=O) groups excluding carboxylic acids is 2. The van der Waals surface area contributed by atoms with Crippen LogP contribution in [0.3, 0.4) is 0 Å². The Bertz CT molecular complexity index is 762. The zero-order valence-corrected chi connectivity index (χ0v) is 14.4. The van der Waals surface area contributed by atoms with E-state index in [1.165, 1.54) is 0 Å². The van der Waals surface area contributed by atoms with Crippen molar-refractivity contribution < 1.29 is 34.0 Å². The summed E-state index contributed by atoms with van der Waals surface area (Å²) in [6.45, 7) is -0.286. The van der Waals surface area contributed by atoms with Gasteiger partial charge >= 0.3 is 11.9 Å². The highest BCUT2D eigenvalue weighted by molar-refractivity contribution is 5.89. The predicted molar refractivity (Wildman–Crippen MR) is 93.9 cm³/mol. The lowest BCUT2D eigenvalue weighted by Gasteiger charge is -2.36. The highest BCUT2D eigenvalue weighted by Gasteiger charge is 2.40. The molecule has 4 atom stereocenters. The molecule has 3 rings (SSSR count). The number of hydrogen-bond acceptors (Lipinski definition) is 7. The van der Waals surface area contributed by atoms with Crippen LogP contribution in [0.2, 0.25) is 0 Å². The van der Waals surface area contributed by atoms with E-state index in [2.05, 4.69) is 0 Å². The summed E-state index contributed by atoms with van der Waals surface area (Å²) in [6.07, 6.45) is -4.58. The average Bonchev–Trinajstić information content (AvgIpc) is 2.70. The van der Waals surface area contributed by atoms with Gasteiger partial charge in [-0.05, 0) is 24.3 Å². The Morgan fingerprint density at radius 3 is 2.07 bits per heavy atom. The highest BCUT2D eigenvalue weighted by Crippen LogP contribution is 2.23. The first kappa shape index (κ1) is 19.0. The van der Waals surface area contributed by atoms with E-state index in [4.69, 9.17) is 14.2 Å². The Balaban J connectivity index is 1.59. The molecule has 1 fully saturated rings. The van der Waals surface area contributed by atoms with Gasteiger partial charge in [-0.1, -0.05) is 36.4 Å². The maximum absolute atomic E-state index is 12.2. The Kier molecular flexibility index (Phi) is 6.18. The number of esters is 2. The Hall–Kier alpha value is -2.74. The van der Waals surface area contributed by atoms with E-state index in [0.29, 0.717) is 11.1 Å². The first-order valence-corrected chi connectivity index (χ1v) is 8.54. The van der Waals surface area contributed by atoms with Crippen LogP contribution in [0.5, 0.6) is 0 Å². The summed E-state index contributed by atoms with van der Waals surface area (Å²) >= 11 is 0. The minimum atomic E-state index is -1.25. The van der Waals surface area contributed by atoms with Crippen LogP contribution in [-0.2, 0) is 14.2 Å². The summed E-state index contributed by atoms with van der Waals surface area (Å²) in [4.78, 5) is 24.2. The number of carbonyl (C=O) groups is 2. The molecule has 142 valence electrons. The van der Waals surface area contributed by atoms with Gasteiger partial charge in [-0.15, -0.1) is 0 Å². The molecule has 0 saturated carbocycles. The molecule has 2 aromatic rings. The molecule has 0 aliphatic carbocycles. The Labute approximate surface area is 156 Å². The first-order valence-electron chi connectivity index (χ1n) is 8.54. The van der Waals surface area contributed by atoms with Gasteiger partial charge in [-0.25, -0.2) is 9.59 Å². The molecule has 1 aliphatic rings.